The van der Waals surface area contributed by atoms with E-state index >= 15 is 0 Å². The molecular formula is C12H15ClFNO3. The van der Waals surface area contributed by atoms with Crippen molar-refractivity contribution in [3.63, 3.8) is 0 Å². The van der Waals surface area contributed by atoms with E-state index in [0.29, 0.717) is 13.2 Å². The van der Waals surface area contributed by atoms with Crippen molar-refractivity contribution in [1.29, 1.82) is 0 Å². The molecule has 6 heteroatoms. The molecule has 0 bridgehead atoms. The van der Waals surface area contributed by atoms with Crippen LogP contribution in [0.2, 0.25) is 5.02 Å². The molecule has 0 saturated carbocycles. The van der Waals surface area contributed by atoms with E-state index in [1.807, 2.05) is 0 Å². The molecule has 0 aliphatic heterocycles. The Labute approximate surface area is 110 Å². The van der Waals surface area contributed by atoms with Crippen LogP contribution in [0.3, 0.4) is 0 Å². The van der Waals surface area contributed by atoms with Crippen molar-refractivity contribution in [1.82, 2.24) is 4.90 Å². The van der Waals surface area contributed by atoms with Gasteiger partial charge in [-0.1, -0.05) is 17.7 Å². The second kappa shape index (κ2) is 7.31. The first-order valence-electron chi connectivity index (χ1n) is 5.45. The van der Waals surface area contributed by atoms with Gasteiger partial charge in [-0.25, -0.2) is 4.39 Å². The molecule has 0 spiro atoms. The second-order valence-corrected chi connectivity index (χ2v) is 3.99. The summed E-state index contributed by atoms with van der Waals surface area (Å²) in [6.07, 6.45) is 0. The Bertz CT molecular complexity index is 414. The maximum absolute atomic E-state index is 13.3. The standard InChI is InChI=1S/C12H15ClFNO3/c1-18-8-6-15(5-7-16)12(17)9-3-2-4-10(14)11(9)13/h2-4,16H,5-8H2,1H3. The van der Waals surface area contributed by atoms with Crippen molar-refractivity contribution in [3.8, 4) is 0 Å². The molecule has 0 atom stereocenters. The number of hydrogen-bond donors (Lipinski definition) is 1. The van der Waals surface area contributed by atoms with Gasteiger partial charge in [0.25, 0.3) is 5.91 Å². The maximum Gasteiger partial charge on any atom is 0.255 e. The zero-order valence-electron chi connectivity index (χ0n) is 10.0. The van der Waals surface area contributed by atoms with Crippen molar-refractivity contribution in [2.45, 2.75) is 0 Å². The van der Waals surface area contributed by atoms with E-state index in [1.165, 1.54) is 30.2 Å². The molecule has 1 aromatic rings. The zero-order chi connectivity index (χ0) is 13.5. The van der Waals surface area contributed by atoms with Crippen LogP contribution in [-0.4, -0.2) is 49.3 Å². The number of rotatable bonds is 6. The minimum atomic E-state index is -0.641. The molecule has 1 rings (SSSR count). The third-order valence-corrected chi connectivity index (χ3v) is 2.79. The van der Waals surface area contributed by atoms with Gasteiger partial charge in [-0.3, -0.25) is 4.79 Å². The van der Waals surface area contributed by atoms with E-state index in [4.69, 9.17) is 21.4 Å². The number of methoxy groups -OCH3 is 1. The van der Waals surface area contributed by atoms with Crippen LogP contribution in [0.25, 0.3) is 0 Å². The zero-order valence-corrected chi connectivity index (χ0v) is 10.8. The van der Waals surface area contributed by atoms with E-state index in [-0.39, 0.29) is 23.7 Å². The first-order valence-corrected chi connectivity index (χ1v) is 5.82. The van der Waals surface area contributed by atoms with Gasteiger partial charge in [-0.2, -0.15) is 0 Å². The fourth-order valence-corrected chi connectivity index (χ4v) is 1.68. The van der Waals surface area contributed by atoms with Crippen molar-refractivity contribution in [2.24, 2.45) is 0 Å². The van der Waals surface area contributed by atoms with Gasteiger partial charge in [0.15, 0.2) is 0 Å². The lowest BCUT2D eigenvalue weighted by atomic mass is 10.2. The molecule has 0 radical (unpaired) electrons. The molecule has 18 heavy (non-hydrogen) atoms. The molecule has 1 aromatic carbocycles. The molecular weight excluding hydrogens is 261 g/mol. The number of aliphatic hydroxyl groups excluding tert-OH is 1. The summed E-state index contributed by atoms with van der Waals surface area (Å²) >= 11 is 5.75. The van der Waals surface area contributed by atoms with Crippen LogP contribution in [0.1, 0.15) is 10.4 Å². The summed E-state index contributed by atoms with van der Waals surface area (Å²) in [5.74, 6) is -1.07. The average Bonchev–Trinajstić information content (AvgIpc) is 2.37. The van der Waals surface area contributed by atoms with Crippen molar-refractivity contribution in [3.05, 3.63) is 34.6 Å². The molecule has 100 valence electrons. The number of nitrogens with zero attached hydrogens (tertiary/aromatic N) is 1. The van der Waals surface area contributed by atoms with Gasteiger partial charge in [-0.15, -0.1) is 0 Å². The lowest BCUT2D eigenvalue weighted by molar-refractivity contribution is 0.0656. The fraction of sp³-hybridized carbons (Fsp3) is 0.417. The summed E-state index contributed by atoms with van der Waals surface area (Å²) in [6, 6.07) is 4.05. The van der Waals surface area contributed by atoms with Gasteiger partial charge >= 0.3 is 0 Å². The van der Waals surface area contributed by atoms with E-state index in [0.717, 1.165) is 0 Å². The maximum atomic E-state index is 13.3. The first kappa shape index (κ1) is 14.9. The highest BCUT2D eigenvalue weighted by atomic mass is 35.5. The Morgan fingerprint density at radius 3 is 2.83 bits per heavy atom. The number of aliphatic hydroxyl groups is 1. The highest BCUT2D eigenvalue weighted by molar-refractivity contribution is 6.34. The summed E-state index contributed by atoms with van der Waals surface area (Å²) < 4.78 is 18.1. The molecule has 0 aliphatic rings. The van der Waals surface area contributed by atoms with Gasteiger partial charge in [0.2, 0.25) is 0 Å². The van der Waals surface area contributed by atoms with Crippen molar-refractivity contribution >= 4 is 17.5 Å². The lowest BCUT2D eigenvalue weighted by Crippen LogP contribution is -2.36. The minimum Gasteiger partial charge on any atom is -0.395 e. The Morgan fingerprint density at radius 2 is 2.22 bits per heavy atom. The summed E-state index contributed by atoms with van der Waals surface area (Å²) in [7, 11) is 1.51. The SMILES string of the molecule is COCCN(CCO)C(=O)c1cccc(F)c1Cl. The van der Waals surface area contributed by atoms with E-state index in [9.17, 15) is 9.18 Å². The highest BCUT2D eigenvalue weighted by Gasteiger charge is 2.19. The monoisotopic (exact) mass is 275 g/mol. The molecule has 4 nitrogen and oxygen atoms in total. The van der Waals surface area contributed by atoms with Gasteiger partial charge in [0.1, 0.15) is 5.82 Å². The van der Waals surface area contributed by atoms with Gasteiger partial charge < -0.3 is 14.7 Å². The number of amides is 1. The number of hydrogen-bond acceptors (Lipinski definition) is 3. The predicted molar refractivity (Wildman–Crippen MR) is 66.3 cm³/mol. The summed E-state index contributed by atoms with van der Waals surface area (Å²) in [5.41, 5.74) is 0.0845. The number of benzene rings is 1. The van der Waals surface area contributed by atoms with Crippen LogP contribution in [0.4, 0.5) is 4.39 Å². The molecule has 0 saturated heterocycles. The molecule has 0 aliphatic carbocycles. The van der Waals surface area contributed by atoms with Crippen LogP contribution in [-0.2, 0) is 4.74 Å². The summed E-state index contributed by atoms with van der Waals surface area (Å²) in [5, 5.41) is 8.71. The van der Waals surface area contributed by atoms with Gasteiger partial charge in [0, 0.05) is 20.2 Å². The number of carbonyl (C=O) groups excluding carboxylic acids is 1. The van der Waals surface area contributed by atoms with Crippen LogP contribution in [0.15, 0.2) is 18.2 Å². The number of carbonyl (C=O) groups is 1. The highest BCUT2D eigenvalue weighted by Crippen LogP contribution is 2.21. The van der Waals surface area contributed by atoms with E-state index in [2.05, 4.69) is 0 Å². The first-order chi connectivity index (χ1) is 8.61. The van der Waals surface area contributed by atoms with Crippen molar-refractivity contribution in [2.75, 3.05) is 33.4 Å². The Hall–Kier alpha value is -1.17. The average molecular weight is 276 g/mol. The molecule has 0 fully saturated rings. The molecule has 1 N–H and O–H groups in total. The Morgan fingerprint density at radius 1 is 1.50 bits per heavy atom. The van der Waals surface area contributed by atoms with E-state index in [1.54, 1.807) is 0 Å². The van der Waals surface area contributed by atoms with Crippen LogP contribution in [0.5, 0.6) is 0 Å². The Kier molecular flexibility index (Phi) is 6.04. The quantitative estimate of drug-likeness (QED) is 0.857. The normalized spacial score (nSPS) is 10.4. The summed E-state index contributed by atoms with van der Waals surface area (Å²) in [6.45, 7) is 0.610. The Balaban J connectivity index is 2.90. The smallest absolute Gasteiger partial charge is 0.255 e. The lowest BCUT2D eigenvalue weighted by Gasteiger charge is -2.21. The molecule has 0 aromatic heterocycles. The predicted octanol–water partition coefficient (Wildman–Crippen LogP) is 1.56. The third-order valence-electron chi connectivity index (χ3n) is 2.40. The van der Waals surface area contributed by atoms with Gasteiger partial charge in [-0.05, 0) is 12.1 Å². The summed E-state index contributed by atoms with van der Waals surface area (Å²) in [4.78, 5) is 13.5. The molecule has 0 heterocycles. The van der Waals surface area contributed by atoms with Crippen LogP contribution < -0.4 is 0 Å². The topological polar surface area (TPSA) is 49.8 Å². The third kappa shape index (κ3) is 3.66. The fourth-order valence-electron chi connectivity index (χ4n) is 1.48. The molecule has 0 unspecified atom stereocenters. The van der Waals surface area contributed by atoms with Gasteiger partial charge in [0.05, 0.1) is 23.8 Å². The van der Waals surface area contributed by atoms with Crippen LogP contribution in [0, 0.1) is 5.82 Å². The van der Waals surface area contributed by atoms with E-state index < -0.39 is 11.7 Å². The van der Waals surface area contributed by atoms with Crippen LogP contribution >= 0.6 is 11.6 Å². The second-order valence-electron chi connectivity index (χ2n) is 3.61. The minimum absolute atomic E-state index is 0.0845. The number of ether oxygens (including phenoxy) is 1. The number of halogens is 2. The largest absolute Gasteiger partial charge is 0.395 e. The van der Waals surface area contributed by atoms with Crippen molar-refractivity contribution < 1.29 is 19.0 Å². The molecule has 1 amide bonds.